The van der Waals surface area contributed by atoms with E-state index in [4.69, 9.17) is 0 Å². The van der Waals surface area contributed by atoms with E-state index in [9.17, 15) is 0 Å². The van der Waals surface area contributed by atoms with Gasteiger partial charge in [0.05, 0.1) is 6.54 Å². The monoisotopic (exact) mass is 261 g/mol. The maximum absolute atomic E-state index is 4.20. The summed E-state index contributed by atoms with van der Waals surface area (Å²) < 4.78 is 1.25. The van der Waals surface area contributed by atoms with Crippen molar-refractivity contribution in [3.63, 3.8) is 0 Å². The number of aliphatic imine (C=N–C) groups is 1. The molecule has 0 bridgehead atoms. The summed E-state index contributed by atoms with van der Waals surface area (Å²) >= 11 is 3.60. The second-order valence-corrected chi connectivity index (χ2v) is 3.34. The molecule has 0 N–H and O–H groups in total. The van der Waals surface area contributed by atoms with Gasteiger partial charge in [-0.15, -0.1) is 35.7 Å². The summed E-state index contributed by atoms with van der Waals surface area (Å²) in [6, 6.07) is 0. The molecule has 0 aromatic rings. The van der Waals surface area contributed by atoms with Gasteiger partial charge < -0.3 is 0 Å². The lowest BCUT2D eigenvalue weighted by Crippen LogP contribution is -1.72. The van der Waals surface area contributed by atoms with Gasteiger partial charge in [0.15, 0.2) is 0 Å². The zero-order valence-corrected chi connectivity index (χ0v) is 8.55. The Morgan fingerprint density at radius 1 is 1.75 bits per heavy atom. The molecule has 1 rings (SSSR count). The van der Waals surface area contributed by atoms with Crippen LogP contribution in [0.2, 0.25) is 0 Å². The quantitative estimate of drug-likeness (QED) is 0.619. The highest BCUT2D eigenvalue weighted by Crippen LogP contribution is 2.18. The minimum absolute atomic E-state index is 0. The van der Waals surface area contributed by atoms with Crippen LogP contribution in [-0.4, -0.2) is 22.9 Å². The topological polar surface area (TPSA) is 12.4 Å². The van der Waals surface area contributed by atoms with E-state index in [1.54, 1.807) is 11.8 Å². The highest BCUT2D eigenvalue weighted by Gasteiger charge is 2.02. The van der Waals surface area contributed by atoms with Gasteiger partial charge in [0.1, 0.15) is 4.38 Å². The third-order valence-corrected chi connectivity index (χ3v) is 2.83. The summed E-state index contributed by atoms with van der Waals surface area (Å²) in [6.45, 7) is 1.03. The average molecular weight is 261 g/mol. The van der Waals surface area contributed by atoms with E-state index in [1.807, 2.05) is 11.8 Å². The fourth-order valence-electron chi connectivity index (χ4n) is 0.439. The Balaban J connectivity index is 0.000000490. The number of halogens is 1. The highest BCUT2D eigenvalue weighted by atomic mass is 127. The van der Waals surface area contributed by atoms with Gasteiger partial charge in [0.25, 0.3) is 0 Å². The Morgan fingerprint density at radius 2 is 2.50 bits per heavy atom. The summed E-state index contributed by atoms with van der Waals surface area (Å²) in [5.41, 5.74) is 0. The third kappa shape index (κ3) is 2.59. The van der Waals surface area contributed by atoms with Crippen molar-refractivity contribution in [3.05, 3.63) is 0 Å². The molecule has 0 unspecified atom stereocenters. The summed E-state index contributed by atoms with van der Waals surface area (Å²) in [6.07, 6.45) is 2.07. The number of hydrogen-bond donors (Lipinski definition) is 0. The summed E-state index contributed by atoms with van der Waals surface area (Å²) in [4.78, 5) is 4.20. The zero-order chi connectivity index (χ0) is 5.11. The second-order valence-electron chi connectivity index (χ2n) is 1.20. The van der Waals surface area contributed by atoms with E-state index >= 15 is 0 Å². The van der Waals surface area contributed by atoms with E-state index in [0.29, 0.717) is 0 Å². The van der Waals surface area contributed by atoms with Crippen molar-refractivity contribution >= 4 is 51.9 Å². The first-order chi connectivity index (χ1) is 3.43. The Labute approximate surface area is 75.1 Å². The van der Waals surface area contributed by atoms with Crippen LogP contribution in [0.4, 0.5) is 0 Å². The zero-order valence-electron chi connectivity index (χ0n) is 4.59. The maximum Gasteiger partial charge on any atom is 0.124 e. The van der Waals surface area contributed by atoms with Gasteiger partial charge in [-0.1, -0.05) is 11.8 Å². The van der Waals surface area contributed by atoms with Crippen LogP contribution >= 0.6 is 47.5 Å². The number of rotatable bonds is 0. The molecule has 0 aromatic heterocycles. The summed E-state index contributed by atoms with van der Waals surface area (Å²) in [7, 11) is 0. The number of nitrogens with zero attached hydrogens (tertiary/aromatic N) is 1. The minimum Gasteiger partial charge on any atom is -0.271 e. The molecule has 4 heteroatoms. The van der Waals surface area contributed by atoms with Crippen molar-refractivity contribution in [3.8, 4) is 0 Å². The Hall–Kier alpha value is 1.10. The largest absolute Gasteiger partial charge is 0.271 e. The molecule has 0 spiro atoms. The fraction of sp³-hybridized carbons (Fsp3) is 0.750. The van der Waals surface area contributed by atoms with Crippen molar-refractivity contribution < 1.29 is 0 Å². The smallest absolute Gasteiger partial charge is 0.124 e. The first-order valence-corrected chi connectivity index (χ1v) is 4.36. The molecule has 0 aromatic carbocycles. The molecule has 0 fully saturated rings. The van der Waals surface area contributed by atoms with Crippen molar-refractivity contribution in [1.82, 2.24) is 0 Å². The van der Waals surface area contributed by atoms with Crippen LogP contribution in [0, 0.1) is 0 Å². The second kappa shape index (κ2) is 4.93. The van der Waals surface area contributed by atoms with Crippen molar-refractivity contribution in [2.75, 3.05) is 18.6 Å². The predicted molar refractivity (Wildman–Crippen MR) is 53.7 cm³/mol. The molecular weight excluding hydrogens is 253 g/mol. The van der Waals surface area contributed by atoms with Crippen LogP contribution in [0.3, 0.4) is 0 Å². The van der Waals surface area contributed by atoms with Crippen molar-refractivity contribution in [2.24, 2.45) is 4.99 Å². The van der Waals surface area contributed by atoms with Crippen molar-refractivity contribution in [1.29, 1.82) is 0 Å². The Bertz CT molecular complexity index is 94.0. The van der Waals surface area contributed by atoms with E-state index < -0.39 is 0 Å². The van der Waals surface area contributed by atoms with E-state index in [0.717, 1.165) is 6.54 Å². The molecule has 48 valence electrons. The normalized spacial score (nSPS) is 17.4. The standard InChI is InChI=1S/C4H7NS2.HI/c1-6-4-5-2-3-7-4;/h2-3H2,1H3;1H. The van der Waals surface area contributed by atoms with Gasteiger partial charge in [-0.2, -0.15) is 0 Å². The molecular formula is C4H8INS2. The van der Waals surface area contributed by atoms with E-state index in [2.05, 4.69) is 11.2 Å². The lowest BCUT2D eigenvalue weighted by Gasteiger charge is -1.85. The Kier molecular flexibility index (Phi) is 5.61. The predicted octanol–water partition coefficient (Wildman–Crippen LogP) is 2.07. The van der Waals surface area contributed by atoms with Crippen LogP contribution in [0.5, 0.6) is 0 Å². The molecule has 0 saturated heterocycles. The summed E-state index contributed by atoms with van der Waals surface area (Å²) in [5, 5.41) is 0. The molecule has 8 heavy (non-hydrogen) atoms. The SMILES string of the molecule is CSC1=NCCS1.I. The van der Waals surface area contributed by atoms with Gasteiger partial charge in [0, 0.05) is 5.75 Å². The molecule has 0 amide bonds. The van der Waals surface area contributed by atoms with Gasteiger partial charge >= 0.3 is 0 Å². The lowest BCUT2D eigenvalue weighted by molar-refractivity contribution is 1.18. The third-order valence-electron chi connectivity index (χ3n) is 0.732. The molecule has 0 radical (unpaired) electrons. The minimum atomic E-state index is 0. The van der Waals surface area contributed by atoms with Crippen LogP contribution in [0.15, 0.2) is 4.99 Å². The maximum atomic E-state index is 4.20. The van der Waals surface area contributed by atoms with Crippen LogP contribution < -0.4 is 0 Å². The lowest BCUT2D eigenvalue weighted by atomic mass is 10.8. The van der Waals surface area contributed by atoms with E-state index in [1.165, 1.54) is 10.1 Å². The molecule has 0 atom stereocenters. The molecule has 1 heterocycles. The van der Waals surface area contributed by atoms with Crippen molar-refractivity contribution in [2.45, 2.75) is 0 Å². The highest BCUT2D eigenvalue weighted by molar-refractivity contribution is 14.0. The molecule has 0 aliphatic carbocycles. The summed E-state index contributed by atoms with van der Waals surface area (Å²) in [5.74, 6) is 1.19. The molecule has 0 saturated carbocycles. The van der Waals surface area contributed by atoms with Crippen LogP contribution in [0.1, 0.15) is 0 Å². The number of thioether (sulfide) groups is 2. The molecule has 1 nitrogen and oxygen atoms in total. The first kappa shape index (κ1) is 9.10. The van der Waals surface area contributed by atoms with Gasteiger partial charge in [0.2, 0.25) is 0 Å². The van der Waals surface area contributed by atoms with E-state index in [-0.39, 0.29) is 24.0 Å². The van der Waals surface area contributed by atoms with Gasteiger partial charge in [-0.3, -0.25) is 4.99 Å². The Morgan fingerprint density at radius 3 is 2.75 bits per heavy atom. The van der Waals surface area contributed by atoms with Gasteiger partial charge in [-0.05, 0) is 6.26 Å². The average Bonchev–Trinajstić information content (AvgIpc) is 2.14. The van der Waals surface area contributed by atoms with Crippen LogP contribution in [-0.2, 0) is 0 Å². The van der Waals surface area contributed by atoms with Gasteiger partial charge in [-0.25, -0.2) is 0 Å². The fourth-order valence-corrected chi connectivity index (χ4v) is 1.92. The first-order valence-electron chi connectivity index (χ1n) is 2.15. The number of hydrogen-bond acceptors (Lipinski definition) is 3. The van der Waals surface area contributed by atoms with Crippen LogP contribution in [0.25, 0.3) is 0 Å². The molecule has 1 aliphatic heterocycles. The molecule has 1 aliphatic rings.